The summed E-state index contributed by atoms with van der Waals surface area (Å²) in [7, 11) is 0. The van der Waals surface area contributed by atoms with Crippen LogP contribution in [0.25, 0.3) is 11.1 Å². The van der Waals surface area contributed by atoms with Crippen LogP contribution in [0.1, 0.15) is 12.0 Å². The zero-order chi connectivity index (χ0) is 12.1. The van der Waals surface area contributed by atoms with E-state index in [4.69, 9.17) is 5.11 Å². The van der Waals surface area contributed by atoms with E-state index in [0.717, 1.165) is 17.5 Å². The number of benzene rings is 2. The first kappa shape index (κ1) is 11.8. The molecule has 0 aliphatic carbocycles. The van der Waals surface area contributed by atoms with Crippen molar-refractivity contribution >= 4 is 0 Å². The van der Waals surface area contributed by atoms with E-state index < -0.39 is 0 Å². The van der Waals surface area contributed by atoms with Gasteiger partial charge in [0.05, 0.1) is 0 Å². The van der Waals surface area contributed by atoms with Gasteiger partial charge in [-0.05, 0) is 36.1 Å². The molecule has 0 aliphatic rings. The zero-order valence-electron chi connectivity index (χ0n) is 9.57. The Labute approximate surface area is 101 Å². The van der Waals surface area contributed by atoms with E-state index in [0.29, 0.717) is 12.0 Å². The monoisotopic (exact) mass is 230 g/mol. The molecule has 0 saturated carbocycles. The van der Waals surface area contributed by atoms with Crippen molar-refractivity contribution in [3.8, 4) is 11.1 Å². The number of hydrogen-bond acceptors (Lipinski definition) is 1. The number of aryl methyl sites for hydroxylation is 1. The highest BCUT2D eigenvalue weighted by Gasteiger charge is 2.05. The highest BCUT2D eigenvalue weighted by molar-refractivity contribution is 5.64. The standard InChI is InChI=1S/C15H15FO/c16-15-9-8-12(5-4-10-17)11-14(15)13-6-2-1-3-7-13/h1-3,6-9,11,17H,4-5,10H2. The molecule has 2 aromatic carbocycles. The van der Waals surface area contributed by atoms with Gasteiger partial charge < -0.3 is 5.11 Å². The highest BCUT2D eigenvalue weighted by atomic mass is 19.1. The van der Waals surface area contributed by atoms with Gasteiger partial charge >= 0.3 is 0 Å². The second-order valence-electron chi connectivity index (χ2n) is 4.01. The van der Waals surface area contributed by atoms with Crippen LogP contribution >= 0.6 is 0 Å². The number of halogens is 1. The third-order valence-corrected chi connectivity index (χ3v) is 2.74. The molecule has 17 heavy (non-hydrogen) atoms. The molecule has 2 aromatic rings. The van der Waals surface area contributed by atoms with Gasteiger partial charge in [0.15, 0.2) is 0 Å². The van der Waals surface area contributed by atoms with E-state index >= 15 is 0 Å². The van der Waals surface area contributed by atoms with Gasteiger partial charge in [-0.2, -0.15) is 0 Å². The lowest BCUT2D eigenvalue weighted by Gasteiger charge is -2.06. The van der Waals surface area contributed by atoms with Gasteiger partial charge in [0.2, 0.25) is 0 Å². The molecule has 0 bridgehead atoms. The number of rotatable bonds is 4. The fourth-order valence-electron chi connectivity index (χ4n) is 1.85. The summed E-state index contributed by atoms with van der Waals surface area (Å²) in [5.41, 5.74) is 2.57. The third-order valence-electron chi connectivity index (χ3n) is 2.74. The van der Waals surface area contributed by atoms with Crippen molar-refractivity contribution in [1.29, 1.82) is 0 Å². The smallest absolute Gasteiger partial charge is 0.131 e. The molecule has 2 heteroatoms. The predicted molar refractivity (Wildman–Crippen MR) is 67.2 cm³/mol. The second-order valence-corrected chi connectivity index (χ2v) is 4.01. The summed E-state index contributed by atoms with van der Waals surface area (Å²) in [6.07, 6.45) is 1.48. The number of aliphatic hydroxyl groups is 1. The molecule has 0 unspecified atom stereocenters. The molecule has 0 heterocycles. The van der Waals surface area contributed by atoms with Gasteiger partial charge in [0.1, 0.15) is 5.82 Å². The molecule has 0 atom stereocenters. The van der Waals surface area contributed by atoms with Gasteiger partial charge in [-0.25, -0.2) is 4.39 Å². The molecule has 2 rings (SSSR count). The molecule has 0 amide bonds. The number of aliphatic hydroxyl groups excluding tert-OH is 1. The Morgan fingerprint density at radius 1 is 1.00 bits per heavy atom. The topological polar surface area (TPSA) is 20.2 Å². The first-order valence-corrected chi connectivity index (χ1v) is 5.76. The van der Waals surface area contributed by atoms with Crippen LogP contribution in [0.15, 0.2) is 48.5 Å². The van der Waals surface area contributed by atoms with E-state index in [2.05, 4.69) is 0 Å². The molecule has 88 valence electrons. The molecule has 1 nitrogen and oxygen atoms in total. The minimum absolute atomic E-state index is 0.165. The Kier molecular flexibility index (Phi) is 3.89. The molecule has 0 radical (unpaired) electrons. The maximum atomic E-state index is 13.7. The van der Waals surface area contributed by atoms with Gasteiger partial charge in [-0.1, -0.05) is 36.4 Å². The average molecular weight is 230 g/mol. The zero-order valence-corrected chi connectivity index (χ0v) is 9.57. The van der Waals surface area contributed by atoms with Crippen LogP contribution in [0.5, 0.6) is 0 Å². The van der Waals surface area contributed by atoms with E-state index in [-0.39, 0.29) is 12.4 Å². The highest BCUT2D eigenvalue weighted by Crippen LogP contribution is 2.24. The summed E-state index contributed by atoms with van der Waals surface area (Å²) < 4.78 is 13.7. The minimum atomic E-state index is -0.205. The normalized spacial score (nSPS) is 10.5. The van der Waals surface area contributed by atoms with Crippen molar-refractivity contribution in [3.05, 3.63) is 59.9 Å². The van der Waals surface area contributed by atoms with Gasteiger partial charge in [-0.3, -0.25) is 0 Å². The maximum Gasteiger partial charge on any atom is 0.131 e. The molecular weight excluding hydrogens is 215 g/mol. The summed E-state index contributed by atoms with van der Waals surface area (Å²) in [6, 6.07) is 14.6. The quantitative estimate of drug-likeness (QED) is 0.853. The molecule has 0 aliphatic heterocycles. The van der Waals surface area contributed by atoms with Crippen LogP contribution in [0.4, 0.5) is 4.39 Å². The second kappa shape index (κ2) is 5.60. The van der Waals surface area contributed by atoms with Crippen molar-refractivity contribution < 1.29 is 9.50 Å². The van der Waals surface area contributed by atoms with E-state index in [9.17, 15) is 4.39 Å². The Balaban J connectivity index is 2.33. The molecule has 0 aromatic heterocycles. The fourth-order valence-corrected chi connectivity index (χ4v) is 1.85. The lowest BCUT2D eigenvalue weighted by atomic mass is 10.0. The minimum Gasteiger partial charge on any atom is -0.396 e. The maximum absolute atomic E-state index is 13.7. The van der Waals surface area contributed by atoms with Crippen LogP contribution in [-0.4, -0.2) is 11.7 Å². The van der Waals surface area contributed by atoms with Crippen molar-refractivity contribution in [2.45, 2.75) is 12.8 Å². The molecule has 0 spiro atoms. The average Bonchev–Trinajstić information content (AvgIpc) is 2.39. The lowest BCUT2D eigenvalue weighted by molar-refractivity contribution is 0.288. The molecular formula is C15H15FO. The molecule has 0 saturated heterocycles. The Bertz CT molecular complexity index is 480. The van der Waals surface area contributed by atoms with Crippen molar-refractivity contribution in [1.82, 2.24) is 0 Å². The fraction of sp³-hybridized carbons (Fsp3) is 0.200. The Morgan fingerprint density at radius 3 is 2.47 bits per heavy atom. The molecule has 0 fully saturated rings. The van der Waals surface area contributed by atoms with E-state index in [1.807, 2.05) is 36.4 Å². The number of hydrogen-bond donors (Lipinski definition) is 1. The van der Waals surface area contributed by atoms with Crippen LogP contribution in [-0.2, 0) is 6.42 Å². The van der Waals surface area contributed by atoms with E-state index in [1.54, 1.807) is 6.07 Å². The lowest BCUT2D eigenvalue weighted by Crippen LogP contribution is -1.92. The Morgan fingerprint density at radius 2 is 1.76 bits per heavy atom. The summed E-state index contributed by atoms with van der Waals surface area (Å²) in [6.45, 7) is 0.165. The van der Waals surface area contributed by atoms with Crippen LogP contribution in [0, 0.1) is 5.82 Å². The van der Waals surface area contributed by atoms with Gasteiger partial charge in [-0.15, -0.1) is 0 Å². The summed E-state index contributed by atoms with van der Waals surface area (Å²) in [4.78, 5) is 0. The Hall–Kier alpha value is -1.67. The van der Waals surface area contributed by atoms with Crippen molar-refractivity contribution in [3.63, 3.8) is 0 Å². The first-order valence-electron chi connectivity index (χ1n) is 5.76. The van der Waals surface area contributed by atoms with Crippen LogP contribution < -0.4 is 0 Å². The summed E-state index contributed by atoms with van der Waals surface area (Å²) >= 11 is 0. The predicted octanol–water partition coefficient (Wildman–Crippen LogP) is 3.42. The van der Waals surface area contributed by atoms with Gasteiger partial charge in [0.25, 0.3) is 0 Å². The van der Waals surface area contributed by atoms with E-state index in [1.165, 1.54) is 6.07 Å². The third kappa shape index (κ3) is 2.92. The SMILES string of the molecule is OCCCc1ccc(F)c(-c2ccccc2)c1. The van der Waals surface area contributed by atoms with Crippen molar-refractivity contribution in [2.24, 2.45) is 0 Å². The van der Waals surface area contributed by atoms with Gasteiger partial charge in [0, 0.05) is 12.2 Å². The summed E-state index contributed by atoms with van der Waals surface area (Å²) in [5, 5.41) is 8.79. The largest absolute Gasteiger partial charge is 0.396 e. The molecule has 1 N–H and O–H groups in total. The summed E-state index contributed by atoms with van der Waals surface area (Å²) in [5.74, 6) is -0.205. The van der Waals surface area contributed by atoms with Crippen LogP contribution in [0.3, 0.4) is 0 Å². The first-order chi connectivity index (χ1) is 8.31. The van der Waals surface area contributed by atoms with Crippen LogP contribution in [0.2, 0.25) is 0 Å². The van der Waals surface area contributed by atoms with Crippen molar-refractivity contribution in [2.75, 3.05) is 6.61 Å².